The summed E-state index contributed by atoms with van der Waals surface area (Å²) in [6.45, 7) is 1.43. The van der Waals surface area contributed by atoms with E-state index in [1.807, 2.05) is 24.3 Å². The van der Waals surface area contributed by atoms with Crippen molar-refractivity contribution in [2.45, 2.75) is 63.1 Å². The number of halogens is 2. The van der Waals surface area contributed by atoms with Crippen LogP contribution in [0.2, 0.25) is 0 Å². The van der Waals surface area contributed by atoms with Gasteiger partial charge in [-0.2, -0.15) is 0 Å². The zero-order valence-electron chi connectivity index (χ0n) is 18.7. The fourth-order valence-electron chi connectivity index (χ4n) is 4.97. The molecular weight excluding hydrogens is 450 g/mol. The maximum absolute atomic E-state index is 13.8. The van der Waals surface area contributed by atoms with Gasteiger partial charge in [0.2, 0.25) is 15.9 Å². The highest BCUT2D eigenvalue weighted by Gasteiger charge is 2.43. The van der Waals surface area contributed by atoms with Crippen LogP contribution in [-0.2, 0) is 14.8 Å². The summed E-state index contributed by atoms with van der Waals surface area (Å²) in [5.41, 5.74) is 0.368. The molecule has 33 heavy (non-hydrogen) atoms. The zero-order valence-corrected chi connectivity index (χ0v) is 19.5. The highest BCUT2D eigenvalue weighted by atomic mass is 32.2. The molecule has 2 aliphatic rings. The van der Waals surface area contributed by atoms with E-state index < -0.39 is 33.6 Å². The molecule has 2 aromatic rings. The Morgan fingerprint density at radius 2 is 1.82 bits per heavy atom. The van der Waals surface area contributed by atoms with Gasteiger partial charge in [0.15, 0.2) is 11.6 Å². The summed E-state index contributed by atoms with van der Waals surface area (Å²) < 4.78 is 59.5. The van der Waals surface area contributed by atoms with E-state index in [0.717, 1.165) is 72.2 Å². The predicted octanol–water partition coefficient (Wildman–Crippen LogP) is 4.46. The Hall–Kier alpha value is -2.68. The SMILES string of the molecule is CC(C(=O)NC1CC2(CCCCC2)Oc2ccccc21)N(c1ccc(F)c(F)c1)S(C)(=O)=O. The second-order valence-corrected chi connectivity index (χ2v) is 10.8. The third-order valence-electron chi connectivity index (χ3n) is 6.52. The first-order chi connectivity index (χ1) is 15.6. The Bertz CT molecular complexity index is 1150. The number of benzene rings is 2. The minimum Gasteiger partial charge on any atom is -0.487 e. The minimum atomic E-state index is -3.96. The Labute approximate surface area is 193 Å². The van der Waals surface area contributed by atoms with Crippen molar-refractivity contribution >= 4 is 21.6 Å². The van der Waals surface area contributed by atoms with Gasteiger partial charge < -0.3 is 10.1 Å². The highest BCUT2D eigenvalue weighted by Crippen LogP contribution is 2.46. The van der Waals surface area contributed by atoms with Crippen LogP contribution in [0.25, 0.3) is 0 Å². The van der Waals surface area contributed by atoms with Crippen molar-refractivity contribution in [2.24, 2.45) is 0 Å². The quantitative estimate of drug-likeness (QED) is 0.689. The van der Waals surface area contributed by atoms with E-state index >= 15 is 0 Å². The molecular formula is C24H28F2N2O4S. The van der Waals surface area contributed by atoms with Gasteiger partial charge in [0.05, 0.1) is 18.0 Å². The average Bonchev–Trinajstić information content (AvgIpc) is 2.76. The molecule has 2 aromatic carbocycles. The third-order valence-corrected chi connectivity index (χ3v) is 7.77. The molecule has 0 bridgehead atoms. The first kappa shape index (κ1) is 23.5. The van der Waals surface area contributed by atoms with E-state index in [9.17, 15) is 22.0 Å². The van der Waals surface area contributed by atoms with Gasteiger partial charge in [0.25, 0.3) is 0 Å². The zero-order chi connectivity index (χ0) is 23.8. The average molecular weight is 479 g/mol. The number of hydrogen-bond donors (Lipinski definition) is 1. The maximum atomic E-state index is 13.8. The lowest BCUT2D eigenvalue weighted by Gasteiger charge is -2.45. The first-order valence-corrected chi connectivity index (χ1v) is 13.0. The number of hydrogen-bond acceptors (Lipinski definition) is 4. The molecule has 0 radical (unpaired) electrons. The molecule has 1 aliphatic carbocycles. The molecule has 4 rings (SSSR count). The molecule has 1 spiro atoms. The lowest BCUT2D eigenvalue weighted by atomic mass is 9.77. The van der Waals surface area contributed by atoms with Crippen molar-refractivity contribution in [1.29, 1.82) is 0 Å². The fourth-order valence-corrected chi connectivity index (χ4v) is 6.14. The van der Waals surface area contributed by atoms with Gasteiger partial charge in [-0.3, -0.25) is 9.10 Å². The third kappa shape index (κ3) is 4.83. The number of rotatable bonds is 5. The van der Waals surface area contributed by atoms with Gasteiger partial charge in [-0.1, -0.05) is 24.6 Å². The lowest BCUT2D eigenvalue weighted by Crippen LogP contribution is -2.51. The number of amides is 1. The van der Waals surface area contributed by atoms with Crippen molar-refractivity contribution in [3.8, 4) is 5.75 Å². The summed E-state index contributed by atoms with van der Waals surface area (Å²) in [5, 5.41) is 3.00. The molecule has 0 aromatic heterocycles. The highest BCUT2D eigenvalue weighted by molar-refractivity contribution is 7.92. The van der Waals surface area contributed by atoms with Crippen molar-refractivity contribution in [3.63, 3.8) is 0 Å². The fraction of sp³-hybridized carbons (Fsp3) is 0.458. The van der Waals surface area contributed by atoms with Gasteiger partial charge >= 0.3 is 0 Å². The molecule has 1 heterocycles. The molecule has 2 unspecified atom stereocenters. The number of sulfonamides is 1. The molecule has 0 saturated heterocycles. The Balaban J connectivity index is 1.62. The number of ether oxygens (including phenoxy) is 1. The van der Waals surface area contributed by atoms with Crippen LogP contribution in [0, 0.1) is 11.6 Å². The summed E-state index contributed by atoms with van der Waals surface area (Å²) in [7, 11) is -3.96. The van der Waals surface area contributed by atoms with Crippen LogP contribution in [0.4, 0.5) is 14.5 Å². The molecule has 6 nitrogen and oxygen atoms in total. The van der Waals surface area contributed by atoms with E-state index in [1.165, 1.54) is 6.92 Å². The number of fused-ring (bicyclic) bond motifs is 1. The van der Waals surface area contributed by atoms with Crippen LogP contribution < -0.4 is 14.4 Å². The summed E-state index contributed by atoms with van der Waals surface area (Å²) >= 11 is 0. The Morgan fingerprint density at radius 1 is 1.12 bits per heavy atom. The minimum absolute atomic E-state index is 0.116. The molecule has 1 aliphatic heterocycles. The molecule has 178 valence electrons. The molecule has 1 amide bonds. The van der Waals surface area contributed by atoms with Crippen molar-refractivity contribution < 1.29 is 26.7 Å². The number of para-hydroxylation sites is 1. The topological polar surface area (TPSA) is 75.7 Å². The van der Waals surface area contributed by atoms with Crippen molar-refractivity contribution in [2.75, 3.05) is 10.6 Å². The first-order valence-electron chi connectivity index (χ1n) is 11.1. The van der Waals surface area contributed by atoms with Gasteiger partial charge in [-0.15, -0.1) is 0 Å². The van der Waals surface area contributed by atoms with E-state index in [2.05, 4.69) is 5.32 Å². The number of carbonyl (C=O) groups excluding carboxylic acids is 1. The molecule has 2 atom stereocenters. The van der Waals surface area contributed by atoms with Crippen LogP contribution >= 0.6 is 0 Å². The predicted molar refractivity (Wildman–Crippen MR) is 122 cm³/mol. The summed E-state index contributed by atoms with van der Waals surface area (Å²) in [6.07, 6.45) is 6.57. The van der Waals surface area contributed by atoms with Crippen LogP contribution in [0.15, 0.2) is 42.5 Å². The van der Waals surface area contributed by atoms with Crippen LogP contribution in [0.5, 0.6) is 5.75 Å². The standard InChI is InChI=1S/C24H28F2N2O4S/c1-16(28(33(2,30)31)17-10-11-19(25)20(26)14-17)23(29)27-21-15-24(12-6-3-7-13-24)32-22-9-5-4-8-18(21)22/h4-5,8-11,14,16,21H,3,6-7,12-13,15H2,1-2H3,(H,27,29). The number of nitrogens with zero attached hydrogens (tertiary/aromatic N) is 1. The monoisotopic (exact) mass is 478 g/mol. The van der Waals surface area contributed by atoms with Gasteiger partial charge in [-0.25, -0.2) is 17.2 Å². The van der Waals surface area contributed by atoms with E-state index in [1.54, 1.807) is 0 Å². The van der Waals surface area contributed by atoms with Crippen LogP contribution in [-0.4, -0.2) is 32.2 Å². The van der Waals surface area contributed by atoms with Crippen LogP contribution in [0.1, 0.15) is 57.1 Å². The number of anilines is 1. The van der Waals surface area contributed by atoms with Crippen LogP contribution in [0.3, 0.4) is 0 Å². The molecule has 1 N–H and O–H groups in total. The molecule has 9 heteroatoms. The molecule has 1 fully saturated rings. The summed E-state index contributed by atoms with van der Waals surface area (Å²) in [6, 6.07) is 8.77. The van der Waals surface area contributed by atoms with Gasteiger partial charge in [0, 0.05) is 18.1 Å². The second kappa shape index (κ2) is 8.93. The summed E-state index contributed by atoms with van der Waals surface area (Å²) in [5.74, 6) is -2.09. The van der Waals surface area contributed by atoms with E-state index in [-0.39, 0.29) is 17.3 Å². The molecule has 1 saturated carbocycles. The number of nitrogens with one attached hydrogen (secondary N) is 1. The van der Waals surface area contributed by atoms with E-state index in [0.29, 0.717) is 6.42 Å². The Morgan fingerprint density at radius 3 is 2.48 bits per heavy atom. The second-order valence-electron chi connectivity index (χ2n) is 8.98. The summed E-state index contributed by atoms with van der Waals surface area (Å²) in [4.78, 5) is 13.3. The van der Waals surface area contributed by atoms with Crippen molar-refractivity contribution in [1.82, 2.24) is 5.32 Å². The van der Waals surface area contributed by atoms with E-state index in [4.69, 9.17) is 4.74 Å². The van der Waals surface area contributed by atoms with Gasteiger partial charge in [0.1, 0.15) is 17.4 Å². The largest absolute Gasteiger partial charge is 0.487 e. The van der Waals surface area contributed by atoms with Crippen molar-refractivity contribution in [3.05, 3.63) is 59.7 Å². The normalized spacial score (nSPS) is 20.4. The smallest absolute Gasteiger partial charge is 0.244 e. The lowest BCUT2D eigenvalue weighted by molar-refractivity contribution is -0.123. The number of carbonyl (C=O) groups is 1. The van der Waals surface area contributed by atoms with Gasteiger partial charge in [-0.05, 0) is 50.8 Å². The Kier molecular flexibility index (Phi) is 6.35. The maximum Gasteiger partial charge on any atom is 0.244 e.